The van der Waals surface area contributed by atoms with E-state index in [-0.39, 0.29) is 5.82 Å². The molecule has 1 aromatic carbocycles. The van der Waals surface area contributed by atoms with Crippen LogP contribution in [0.1, 0.15) is 11.6 Å². The van der Waals surface area contributed by atoms with E-state index in [0.29, 0.717) is 6.04 Å². The van der Waals surface area contributed by atoms with Gasteiger partial charge in [-0.1, -0.05) is 12.1 Å². The van der Waals surface area contributed by atoms with Crippen LogP contribution in [0, 0.1) is 5.82 Å². The molecule has 1 saturated heterocycles. The molecule has 1 aromatic rings. The van der Waals surface area contributed by atoms with Crippen LogP contribution < -0.4 is 0 Å². The lowest BCUT2D eigenvalue weighted by Gasteiger charge is -1.96. The molecule has 3 heteroatoms. The number of hydrogen-bond donors (Lipinski definition) is 0. The molecule has 0 aliphatic carbocycles. The summed E-state index contributed by atoms with van der Waals surface area (Å²) >= 11 is 0. The SMILES string of the molecule is Fc1ccc(C2CN2[SiH3])cc1. The summed E-state index contributed by atoms with van der Waals surface area (Å²) in [6.07, 6.45) is 0. The highest BCUT2D eigenvalue weighted by Crippen LogP contribution is 2.31. The quantitative estimate of drug-likeness (QED) is 0.434. The van der Waals surface area contributed by atoms with E-state index in [4.69, 9.17) is 0 Å². The first-order chi connectivity index (χ1) is 5.27. The number of benzene rings is 1. The summed E-state index contributed by atoms with van der Waals surface area (Å²) in [7, 11) is 1.12. The van der Waals surface area contributed by atoms with E-state index in [1.165, 1.54) is 17.7 Å². The van der Waals surface area contributed by atoms with E-state index in [1.54, 1.807) is 0 Å². The van der Waals surface area contributed by atoms with E-state index >= 15 is 0 Å². The predicted octanol–water partition coefficient (Wildman–Crippen LogP) is 0.463. The van der Waals surface area contributed by atoms with Crippen LogP contribution in [0.2, 0.25) is 0 Å². The molecular formula is C8H10FNSi. The Morgan fingerprint density at radius 2 is 1.91 bits per heavy atom. The van der Waals surface area contributed by atoms with Crippen LogP contribution in [0.15, 0.2) is 24.3 Å². The lowest BCUT2D eigenvalue weighted by molar-refractivity contribution is 0.626. The molecule has 0 saturated carbocycles. The number of hydrogen-bond acceptors (Lipinski definition) is 1. The highest BCUT2D eigenvalue weighted by Gasteiger charge is 2.30. The lowest BCUT2D eigenvalue weighted by atomic mass is 10.2. The predicted molar refractivity (Wildman–Crippen MR) is 45.8 cm³/mol. The van der Waals surface area contributed by atoms with E-state index < -0.39 is 0 Å². The summed E-state index contributed by atoms with van der Waals surface area (Å²) in [6.45, 7) is 1.16. The van der Waals surface area contributed by atoms with Crippen molar-refractivity contribution in [3.63, 3.8) is 0 Å². The maximum absolute atomic E-state index is 12.5. The highest BCUT2D eigenvalue weighted by atomic mass is 28.2. The first kappa shape index (κ1) is 7.00. The second-order valence-corrected chi connectivity index (χ2v) is 4.16. The normalized spacial score (nSPS) is 28.8. The molecule has 0 radical (unpaired) electrons. The van der Waals surface area contributed by atoms with E-state index in [0.717, 1.165) is 16.9 Å². The number of halogens is 1. The van der Waals surface area contributed by atoms with Gasteiger partial charge in [0.05, 0.1) is 10.4 Å². The minimum Gasteiger partial charge on any atom is -0.323 e. The first-order valence-electron chi connectivity index (χ1n) is 3.73. The van der Waals surface area contributed by atoms with Crippen LogP contribution in [0.25, 0.3) is 0 Å². The van der Waals surface area contributed by atoms with Crippen LogP contribution in [0.5, 0.6) is 0 Å². The van der Waals surface area contributed by atoms with Gasteiger partial charge in [-0.05, 0) is 17.7 Å². The van der Waals surface area contributed by atoms with Gasteiger partial charge in [0.25, 0.3) is 0 Å². The van der Waals surface area contributed by atoms with Crippen molar-refractivity contribution >= 4 is 10.4 Å². The zero-order chi connectivity index (χ0) is 7.84. The van der Waals surface area contributed by atoms with Gasteiger partial charge in [0.1, 0.15) is 5.82 Å². The molecule has 0 bridgehead atoms. The molecule has 0 amide bonds. The molecule has 11 heavy (non-hydrogen) atoms. The van der Waals surface area contributed by atoms with Crippen molar-refractivity contribution in [2.75, 3.05) is 6.54 Å². The summed E-state index contributed by atoms with van der Waals surface area (Å²) in [4.78, 5) is 0. The molecule has 0 aromatic heterocycles. The van der Waals surface area contributed by atoms with Gasteiger partial charge in [-0.3, -0.25) is 0 Å². The average molecular weight is 167 g/mol. The molecule has 1 aliphatic rings. The highest BCUT2D eigenvalue weighted by molar-refractivity contribution is 6.06. The standard InChI is InChI=1S/C8H10FNSi/c9-7-3-1-6(2-4-7)8-5-10(8)11/h1-4,8H,5H2,11H3. The molecule has 2 atom stereocenters. The maximum Gasteiger partial charge on any atom is 0.123 e. The molecule has 58 valence electrons. The van der Waals surface area contributed by atoms with Gasteiger partial charge in [-0.25, -0.2) is 4.39 Å². The van der Waals surface area contributed by atoms with Crippen LogP contribution in [0.4, 0.5) is 4.39 Å². The fraction of sp³-hybridized carbons (Fsp3) is 0.250. The molecule has 2 unspecified atom stereocenters. The molecule has 0 spiro atoms. The summed E-state index contributed by atoms with van der Waals surface area (Å²) < 4.78 is 14.8. The third kappa shape index (κ3) is 1.34. The minimum atomic E-state index is -0.144. The van der Waals surface area contributed by atoms with Crippen molar-refractivity contribution in [3.8, 4) is 0 Å². The zero-order valence-electron chi connectivity index (χ0n) is 6.42. The Kier molecular flexibility index (Phi) is 1.54. The van der Waals surface area contributed by atoms with E-state index in [9.17, 15) is 4.39 Å². The Bertz CT molecular complexity index is 259. The number of nitrogens with zero attached hydrogens (tertiary/aromatic N) is 1. The Morgan fingerprint density at radius 1 is 1.36 bits per heavy atom. The topological polar surface area (TPSA) is 3.01 Å². The molecule has 1 heterocycles. The Hall–Kier alpha value is -0.673. The second-order valence-electron chi connectivity index (χ2n) is 3.01. The fourth-order valence-electron chi connectivity index (χ4n) is 1.27. The van der Waals surface area contributed by atoms with Gasteiger partial charge in [0.15, 0.2) is 0 Å². The summed E-state index contributed by atoms with van der Waals surface area (Å²) in [6, 6.07) is 7.41. The largest absolute Gasteiger partial charge is 0.323 e. The van der Waals surface area contributed by atoms with Gasteiger partial charge < -0.3 is 4.57 Å². The molecule has 0 N–H and O–H groups in total. The van der Waals surface area contributed by atoms with Crippen LogP contribution in [-0.2, 0) is 0 Å². The molecule has 1 aliphatic heterocycles. The smallest absolute Gasteiger partial charge is 0.123 e. The zero-order valence-corrected chi connectivity index (χ0v) is 8.42. The van der Waals surface area contributed by atoms with Crippen molar-refractivity contribution < 1.29 is 4.39 Å². The van der Waals surface area contributed by atoms with Crippen LogP contribution in [0.3, 0.4) is 0 Å². The summed E-state index contributed by atoms with van der Waals surface area (Å²) in [5, 5.41) is 0. The van der Waals surface area contributed by atoms with Crippen molar-refractivity contribution in [3.05, 3.63) is 35.6 Å². The lowest BCUT2D eigenvalue weighted by Crippen LogP contribution is -1.89. The summed E-state index contributed by atoms with van der Waals surface area (Å²) in [5.41, 5.74) is 1.25. The van der Waals surface area contributed by atoms with Gasteiger partial charge >= 0.3 is 0 Å². The Balaban J connectivity index is 2.21. The average Bonchev–Trinajstić information content (AvgIpc) is 2.69. The second kappa shape index (κ2) is 2.43. The first-order valence-corrected chi connectivity index (χ1v) is 4.62. The summed E-state index contributed by atoms with van der Waals surface area (Å²) in [5.74, 6) is -0.144. The van der Waals surface area contributed by atoms with Crippen molar-refractivity contribution in [1.29, 1.82) is 0 Å². The molecule has 1 nitrogen and oxygen atoms in total. The Morgan fingerprint density at radius 3 is 2.36 bits per heavy atom. The van der Waals surface area contributed by atoms with Crippen LogP contribution in [-0.4, -0.2) is 21.5 Å². The minimum absolute atomic E-state index is 0.144. The third-order valence-electron chi connectivity index (χ3n) is 2.11. The van der Waals surface area contributed by atoms with Gasteiger partial charge in [-0.2, -0.15) is 0 Å². The maximum atomic E-state index is 12.5. The molecule has 1 fully saturated rings. The fourth-order valence-corrected chi connectivity index (χ4v) is 1.91. The van der Waals surface area contributed by atoms with Crippen LogP contribution >= 0.6 is 0 Å². The van der Waals surface area contributed by atoms with E-state index in [1.807, 2.05) is 12.1 Å². The third-order valence-corrected chi connectivity index (χ3v) is 3.10. The molecular weight excluding hydrogens is 157 g/mol. The van der Waals surface area contributed by atoms with E-state index in [2.05, 4.69) is 4.57 Å². The Labute approximate surface area is 68.3 Å². The van der Waals surface area contributed by atoms with Gasteiger partial charge in [0, 0.05) is 12.6 Å². The number of rotatable bonds is 1. The van der Waals surface area contributed by atoms with Crippen molar-refractivity contribution in [2.24, 2.45) is 0 Å². The van der Waals surface area contributed by atoms with Gasteiger partial charge in [0.2, 0.25) is 0 Å². The van der Waals surface area contributed by atoms with Gasteiger partial charge in [-0.15, -0.1) is 0 Å². The monoisotopic (exact) mass is 167 g/mol. The van der Waals surface area contributed by atoms with Crippen molar-refractivity contribution in [1.82, 2.24) is 4.57 Å². The molecule has 2 rings (SSSR count). The van der Waals surface area contributed by atoms with Crippen molar-refractivity contribution in [2.45, 2.75) is 6.04 Å².